The van der Waals surface area contributed by atoms with Crippen molar-refractivity contribution in [2.45, 2.75) is 43.9 Å². The number of benzene rings is 1. The Balaban J connectivity index is 2.75. The maximum atomic E-state index is 11.8. The largest absolute Gasteiger partial charge is 0.467 e. The van der Waals surface area contributed by atoms with Gasteiger partial charge in [-0.15, -0.1) is 0 Å². The summed E-state index contributed by atoms with van der Waals surface area (Å²) in [6.45, 7) is 2.13. The first-order valence-corrected chi connectivity index (χ1v) is 8.84. The van der Waals surface area contributed by atoms with E-state index in [4.69, 9.17) is 9.84 Å². The van der Waals surface area contributed by atoms with E-state index in [1.54, 1.807) is 11.8 Å². The van der Waals surface area contributed by atoms with Crippen LogP contribution in [0.5, 0.6) is 0 Å². The summed E-state index contributed by atoms with van der Waals surface area (Å²) >= 11 is 1.78. The summed E-state index contributed by atoms with van der Waals surface area (Å²) < 4.78 is 4.72. The molecule has 1 aromatic carbocycles. The predicted molar refractivity (Wildman–Crippen MR) is 92.9 cm³/mol. The molecule has 23 heavy (non-hydrogen) atoms. The van der Waals surface area contributed by atoms with Gasteiger partial charge in [0.2, 0.25) is 0 Å². The van der Waals surface area contributed by atoms with Crippen LogP contribution in [0.25, 0.3) is 0 Å². The van der Waals surface area contributed by atoms with Gasteiger partial charge in [-0.05, 0) is 30.6 Å². The van der Waals surface area contributed by atoms with Crippen LogP contribution in [0.2, 0.25) is 0 Å². The van der Waals surface area contributed by atoms with Crippen LogP contribution in [0.1, 0.15) is 31.7 Å². The number of rotatable bonds is 10. The van der Waals surface area contributed by atoms with Gasteiger partial charge in [-0.3, -0.25) is 0 Å². The number of hydrogen-bond donors (Lipinski definition) is 2. The first-order valence-electron chi connectivity index (χ1n) is 7.79. The van der Waals surface area contributed by atoms with Crippen LogP contribution in [-0.2, 0) is 16.0 Å². The maximum Gasteiger partial charge on any atom is 0.405 e. The van der Waals surface area contributed by atoms with Crippen LogP contribution in [0, 0.1) is 0 Å². The van der Waals surface area contributed by atoms with Crippen molar-refractivity contribution in [3.05, 3.63) is 35.9 Å². The Morgan fingerprint density at radius 2 is 2.00 bits per heavy atom. The van der Waals surface area contributed by atoms with E-state index in [0.717, 1.165) is 25.0 Å². The lowest BCUT2D eigenvalue weighted by atomic mass is 10.0. The second kappa shape index (κ2) is 10.9. The number of nitrogens with one attached hydrogen (secondary N) is 1. The number of carbonyl (C=O) groups excluding carboxylic acids is 1. The van der Waals surface area contributed by atoms with Gasteiger partial charge in [0.05, 0.1) is 7.11 Å². The number of ether oxygens (including phenoxy) is 1. The third-order valence-electron chi connectivity index (χ3n) is 3.44. The molecule has 1 unspecified atom stereocenters. The average Bonchev–Trinajstić information content (AvgIpc) is 2.54. The molecule has 0 saturated carbocycles. The summed E-state index contributed by atoms with van der Waals surface area (Å²) in [4.78, 5) is 22.7. The molecule has 0 bridgehead atoms. The molecule has 1 aromatic rings. The van der Waals surface area contributed by atoms with Crippen molar-refractivity contribution in [2.24, 2.45) is 0 Å². The van der Waals surface area contributed by atoms with E-state index in [9.17, 15) is 9.59 Å². The van der Waals surface area contributed by atoms with E-state index >= 15 is 0 Å². The van der Waals surface area contributed by atoms with Gasteiger partial charge in [-0.25, -0.2) is 9.59 Å². The van der Waals surface area contributed by atoms with Gasteiger partial charge in [0, 0.05) is 5.25 Å². The lowest BCUT2D eigenvalue weighted by molar-refractivity contribution is -0.143. The highest BCUT2D eigenvalue weighted by Crippen LogP contribution is 2.23. The number of carboxylic acid groups (broad SMARTS) is 1. The highest BCUT2D eigenvalue weighted by atomic mass is 32.2. The predicted octanol–water partition coefficient (Wildman–Crippen LogP) is 3.33. The Kier molecular flexibility index (Phi) is 9.21. The number of esters is 1. The van der Waals surface area contributed by atoms with Crippen molar-refractivity contribution in [3.63, 3.8) is 0 Å². The molecule has 0 spiro atoms. The molecule has 2 atom stereocenters. The van der Waals surface area contributed by atoms with Crippen LogP contribution in [0.4, 0.5) is 4.79 Å². The van der Waals surface area contributed by atoms with Crippen molar-refractivity contribution in [1.29, 1.82) is 0 Å². The standard InChI is InChI=1S/C17H25NO4S/c1-3-4-10-23-14(11-13-8-6-5-7-9-13)12-15(16(19)22-2)18-17(20)21/h5-9,14-15,18H,3-4,10-12H2,1-2H3,(H,20,21)/t14-,15?/m1/s1. The first-order chi connectivity index (χ1) is 11.1. The molecule has 0 heterocycles. The van der Waals surface area contributed by atoms with Crippen LogP contribution in [0.15, 0.2) is 30.3 Å². The summed E-state index contributed by atoms with van der Waals surface area (Å²) in [6.07, 6.45) is 2.22. The molecule has 0 fully saturated rings. The molecular formula is C17H25NO4S. The van der Waals surface area contributed by atoms with Crippen molar-refractivity contribution >= 4 is 23.8 Å². The SMILES string of the molecule is CCCCS[C@H](Cc1ccccc1)CC(NC(=O)O)C(=O)OC. The van der Waals surface area contributed by atoms with Gasteiger partial charge in [-0.1, -0.05) is 43.7 Å². The first kappa shape index (κ1) is 19.4. The van der Waals surface area contributed by atoms with E-state index in [0.29, 0.717) is 6.42 Å². The topological polar surface area (TPSA) is 75.6 Å². The highest BCUT2D eigenvalue weighted by Gasteiger charge is 2.25. The molecule has 1 amide bonds. The zero-order valence-corrected chi connectivity index (χ0v) is 14.5. The summed E-state index contributed by atoms with van der Waals surface area (Å²) in [5.74, 6) is 0.455. The lowest BCUT2D eigenvalue weighted by Crippen LogP contribution is -2.42. The molecule has 0 radical (unpaired) electrons. The van der Waals surface area contributed by atoms with Crippen molar-refractivity contribution in [3.8, 4) is 0 Å². The molecule has 128 valence electrons. The molecule has 0 aromatic heterocycles. The van der Waals surface area contributed by atoms with Gasteiger partial charge in [0.25, 0.3) is 0 Å². The lowest BCUT2D eigenvalue weighted by Gasteiger charge is -2.22. The van der Waals surface area contributed by atoms with E-state index < -0.39 is 18.1 Å². The fraction of sp³-hybridized carbons (Fsp3) is 0.529. The number of amides is 1. The fourth-order valence-electron chi connectivity index (χ4n) is 2.25. The van der Waals surface area contributed by atoms with Crippen LogP contribution in [-0.4, -0.2) is 41.3 Å². The second-order valence-electron chi connectivity index (χ2n) is 5.30. The van der Waals surface area contributed by atoms with Gasteiger partial charge < -0.3 is 15.2 Å². The zero-order chi connectivity index (χ0) is 17.1. The molecular weight excluding hydrogens is 314 g/mol. The zero-order valence-electron chi connectivity index (χ0n) is 13.7. The molecule has 2 N–H and O–H groups in total. The minimum Gasteiger partial charge on any atom is -0.467 e. The smallest absolute Gasteiger partial charge is 0.405 e. The summed E-state index contributed by atoms with van der Waals surface area (Å²) in [5, 5.41) is 11.3. The molecule has 0 aliphatic heterocycles. The number of thioether (sulfide) groups is 1. The van der Waals surface area contributed by atoms with E-state index in [1.807, 2.05) is 30.3 Å². The average molecular weight is 339 g/mol. The Labute approximate surface area is 141 Å². The van der Waals surface area contributed by atoms with Gasteiger partial charge in [0.15, 0.2) is 0 Å². The van der Waals surface area contributed by atoms with Gasteiger partial charge in [0.1, 0.15) is 6.04 Å². The Bertz CT molecular complexity index is 481. The molecule has 0 aliphatic carbocycles. The number of unbranched alkanes of at least 4 members (excludes halogenated alkanes) is 1. The molecule has 5 nitrogen and oxygen atoms in total. The highest BCUT2D eigenvalue weighted by molar-refractivity contribution is 7.99. The number of carbonyl (C=O) groups is 2. The monoisotopic (exact) mass is 339 g/mol. The quantitative estimate of drug-likeness (QED) is 0.505. The Hall–Kier alpha value is -1.69. The minimum absolute atomic E-state index is 0.153. The third-order valence-corrected chi connectivity index (χ3v) is 4.79. The normalized spacial score (nSPS) is 13.1. The number of methoxy groups -OCH3 is 1. The van der Waals surface area contributed by atoms with Gasteiger partial charge in [-0.2, -0.15) is 11.8 Å². The van der Waals surface area contributed by atoms with Crippen molar-refractivity contribution in [1.82, 2.24) is 5.32 Å². The van der Waals surface area contributed by atoms with E-state index in [-0.39, 0.29) is 5.25 Å². The fourth-order valence-corrected chi connectivity index (χ4v) is 3.68. The second-order valence-corrected chi connectivity index (χ2v) is 6.71. The molecule has 0 saturated heterocycles. The Morgan fingerprint density at radius 3 is 2.57 bits per heavy atom. The van der Waals surface area contributed by atoms with Crippen LogP contribution >= 0.6 is 11.8 Å². The maximum absolute atomic E-state index is 11.8. The van der Waals surface area contributed by atoms with Crippen molar-refractivity contribution < 1.29 is 19.4 Å². The summed E-state index contributed by atoms with van der Waals surface area (Å²) in [7, 11) is 1.27. The number of hydrogen-bond acceptors (Lipinski definition) is 4. The van der Waals surface area contributed by atoms with E-state index in [2.05, 4.69) is 12.2 Å². The van der Waals surface area contributed by atoms with Crippen LogP contribution < -0.4 is 5.32 Å². The molecule has 1 rings (SSSR count). The molecule has 6 heteroatoms. The van der Waals surface area contributed by atoms with E-state index in [1.165, 1.54) is 12.7 Å². The Morgan fingerprint density at radius 1 is 1.30 bits per heavy atom. The minimum atomic E-state index is -1.21. The van der Waals surface area contributed by atoms with Crippen molar-refractivity contribution in [2.75, 3.05) is 12.9 Å². The van der Waals surface area contributed by atoms with Gasteiger partial charge >= 0.3 is 12.1 Å². The van der Waals surface area contributed by atoms with Crippen LogP contribution in [0.3, 0.4) is 0 Å². The third kappa shape index (κ3) is 7.93. The molecule has 0 aliphatic rings. The summed E-state index contributed by atoms with van der Waals surface area (Å²) in [5.41, 5.74) is 1.18. The summed E-state index contributed by atoms with van der Waals surface area (Å²) in [6, 6.07) is 9.19.